The third kappa shape index (κ3) is 2.48. The molecule has 0 amide bonds. The molecule has 2 nitrogen and oxygen atoms in total. The van der Waals surface area contributed by atoms with E-state index < -0.39 is 5.82 Å². The summed E-state index contributed by atoms with van der Waals surface area (Å²) in [7, 11) is 0. The highest BCUT2D eigenvalue weighted by Gasteiger charge is 2.21. The van der Waals surface area contributed by atoms with Gasteiger partial charge in [0.2, 0.25) is 5.43 Å². The van der Waals surface area contributed by atoms with Crippen molar-refractivity contribution in [3.05, 3.63) is 69.8 Å². The molecule has 112 valence electrons. The number of rotatable bonds is 2. The van der Waals surface area contributed by atoms with Gasteiger partial charge >= 0.3 is 0 Å². The topological polar surface area (TPSA) is 30.2 Å². The SMILES string of the molecule is Cc1cccc(-c2c(C(C)Br)oc3cccc(F)c3c2=O)c1. The Morgan fingerprint density at radius 2 is 1.91 bits per heavy atom. The quantitative estimate of drug-likeness (QED) is 0.575. The van der Waals surface area contributed by atoms with E-state index in [2.05, 4.69) is 15.9 Å². The Morgan fingerprint density at radius 1 is 1.18 bits per heavy atom. The molecule has 0 radical (unpaired) electrons. The number of aryl methyl sites for hydroxylation is 1. The van der Waals surface area contributed by atoms with E-state index in [-0.39, 0.29) is 21.2 Å². The molecule has 1 unspecified atom stereocenters. The van der Waals surface area contributed by atoms with Crippen molar-refractivity contribution in [1.29, 1.82) is 0 Å². The predicted molar refractivity (Wildman–Crippen MR) is 90.0 cm³/mol. The Kier molecular flexibility index (Phi) is 3.87. The van der Waals surface area contributed by atoms with E-state index >= 15 is 0 Å². The molecule has 0 fully saturated rings. The van der Waals surface area contributed by atoms with Crippen LogP contribution in [0.15, 0.2) is 51.7 Å². The minimum Gasteiger partial charge on any atom is -0.459 e. The Bertz CT molecular complexity index is 913. The molecule has 0 aliphatic carbocycles. The maximum absolute atomic E-state index is 14.1. The zero-order chi connectivity index (χ0) is 15.9. The molecular weight excluding hydrogens is 347 g/mol. The van der Waals surface area contributed by atoms with Crippen molar-refractivity contribution in [2.75, 3.05) is 0 Å². The summed E-state index contributed by atoms with van der Waals surface area (Å²) in [5.74, 6) is -0.0531. The molecule has 0 aliphatic rings. The molecule has 4 heteroatoms. The van der Waals surface area contributed by atoms with E-state index in [9.17, 15) is 9.18 Å². The van der Waals surface area contributed by atoms with Crippen LogP contribution >= 0.6 is 15.9 Å². The maximum Gasteiger partial charge on any atom is 0.203 e. The first-order valence-corrected chi connectivity index (χ1v) is 7.87. The standard InChI is InChI=1S/C18H14BrFO2/c1-10-5-3-6-12(9-10)15-17(21)16-13(20)7-4-8-14(16)22-18(15)11(2)19/h3-9,11H,1-2H3. The molecule has 0 bridgehead atoms. The van der Waals surface area contributed by atoms with Crippen LogP contribution in [0.3, 0.4) is 0 Å². The zero-order valence-corrected chi connectivity index (χ0v) is 13.8. The van der Waals surface area contributed by atoms with Crippen LogP contribution in [0.5, 0.6) is 0 Å². The highest BCUT2D eigenvalue weighted by molar-refractivity contribution is 9.09. The molecule has 1 heterocycles. The molecule has 0 saturated carbocycles. The second-order valence-electron chi connectivity index (χ2n) is 5.27. The van der Waals surface area contributed by atoms with Gasteiger partial charge in [-0.15, -0.1) is 0 Å². The van der Waals surface area contributed by atoms with Crippen LogP contribution in [0.25, 0.3) is 22.1 Å². The molecule has 2 aromatic carbocycles. The summed E-state index contributed by atoms with van der Waals surface area (Å²) in [5.41, 5.74) is 2.10. The van der Waals surface area contributed by atoms with Gasteiger partial charge in [0.05, 0.1) is 10.4 Å². The fraction of sp³-hybridized carbons (Fsp3) is 0.167. The minimum atomic E-state index is -0.561. The molecule has 22 heavy (non-hydrogen) atoms. The third-order valence-electron chi connectivity index (χ3n) is 3.56. The number of fused-ring (bicyclic) bond motifs is 1. The molecular formula is C18H14BrFO2. The van der Waals surface area contributed by atoms with Crippen molar-refractivity contribution in [2.24, 2.45) is 0 Å². The molecule has 0 aliphatic heterocycles. The number of hydrogen-bond acceptors (Lipinski definition) is 2. The Morgan fingerprint density at radius 3 is 2.59 bits per heavy atom. The Labute approximate surface area is 135 Å². The molecule has 3 aromatic rings. The first-order chi connectivity index (χ1) is 10.5. The van der Waals surface area contributed by atoms with Gasteiger partial charge in [-0.2, -0.15) is 0 Å². The van der Waals surface area contributed by atoms with E-state index in [1.165, 1.54) is 12.1 Å². The fourth-order valence-corrected chi connectivity index (χ4v) is 2.89. The van der Waals surface area contributed by atoms with Crippen LogP contribution in [-0.4, -0.2) is 0 Å². The van der Waals surface area contributed by atoms with E-state index in [0.717, 1.165) is 11.1 Å². The molecule has 3 rings (SSSR count). The lowest BCUT2D eigenvalue weighted by Crippen LogP contribution is -2.11. The van der Waals surface area contributed by atoms with Gasteiger partial charge in [-0.1, -0.05) is 51.8 Å². The molecule has 1 atom stereocenters. The normalized spacial score (nSPS) is 12.5. The van der Waals surface area contributed by atoms with Gasteiger partial charge < -0.3 is 4.42 Å². The van der Waals surface area contributed by atoms with Gasteiger partial charge in [-0.25, -0.2) is 4.39 Å². The maximum atomic E-state index is 14.1. The first-order valence-electron chi connectivity index (χ1n) is 6.95. The second kappa shape index (κ2) is 5.69. The van der Waals surface area contributed by atoms with Crippen molar-refractivity contribution >= 4 is 26.9 Å². The van der Waals surface area contributed by atoms with E-state index in [1.54, 1.807) is 6.07 Å². The zero-order valence-electron chi connectivity index (χ0n) is 12.2. The Balaban J connectivity index is 2.46. The minimum absolute atomic E-state index is 0.00379. The summed E-state index contributed by atoms with van der Waals surface area (Å²) >= 11 is 3.46. The van der Waals surface area contributed by atoms with Gasteiger partial charge in [0.1, 0.15) is 22.5 Å². The predicted octanol–water partition coefficient (Wildman–Crippen LogP) is 5.36. The van der Waals surface area contributed by atoms with Gasteiger partial charge in [-0.05, 0) is 31.5 Å². The molecule has 0 spiro atoms. The van der Waals surface area contributed by atoms with Crippen LogP contribution in [0.4, 0.5) is 4.39 Å². The van der Waals surface area contributed by atoms with Crippen molar-refractivity contribution in [3.63, 3.8) is 0 Å². The van der Waals surface area contributed by atoms with Crippen LogP contribution in [0.2, 0.25) is 0 Å². The molecule has 1 aromatic heterocycles. The summed E-state index contributed by atoms with van der Waals surface area (Å²) in [4.78, 5) is 12.7. The summed E-state index contributed by atoms with van der Waals surface area (Å²) in [6.07, 6.45) is 0. The highest BCUT2D eigenvalue weighted by Crippen LogP contribution is 2.33. The summed E-state index contributed by atoms with van der Waals surface area (Å²) < 4.78 is 19.9. The molecule has 0 saturated heterocycles. The summed E-state index contributed by atoms with van der Waals surface area (Å²) in [6.45, 7) is 3.83. The van der Waals surface area contributed by atoms with Crippen molar-refractivity contribution in [2.45, 2.75) is 18.7 Å². The summed E-state index contributed by atoms with van der Waals surface area (Å²) in [6, 6.07) is 12.0. The monoisotopic (exact) mass is 360 g/mol. The average molecular weight is 361 g/mol. The first kappa shape index (κ1) is 15.0. The largest absolute Gasteiger partial charge is 0.459 e. The number of alkyl halides is 1. The highest BCUT2D eigenvalue weighted by atomic mass is 79.9. The van der Waals surface area contributed by atoms with Gasteiger partial charge in [0.15, 0.2) is 0 Å². The van der Waals surface area contributed by atoms with E-state index in [0.29, 0.717) is 11.3 Å². The number of benzene rings is 2. The van der Waals surface area contributed by atoms with Crippen molar-refractivity contribution in [1.82, 2.24) is 0 Å². The Hall–Kier alpha value is -1.94. The molecule has 0 N–H and O–H groups in total. The van der Waals surface area contributed by atoms with Gasteiger partial charge in [-0.3, -0.25) is 4.79 Å². The second-order valence-corrected chi connectivity index (χ2v) is 6.64. The van der Waals surface area contributed by atoms with Crippen molar-refractivity contribution < 1.29 is 8.81 Å². The van der Waals surface area contributed by atoms with E-state index in [4.69, 9.17) is 4.42 Å². The van der Waals surface area contributed by atoms with Crippen LogP contribution in [-0.2, 0) is 0 Å². The number of hydrogen-bond donors (Lipinski definition) is 0. The lowest BCUT2D eigenvalue weighted by atomic mass is 9.99. The van der Waals surface area contributed by atoms with Crippen molar-refractivity contribution in [3.8, 4) is 11.1 Å². The summed E-state index contributed by atoms with van der Waals surface area (Å²) in [5, 5.41) is -0.00379. The third-order valence-corrected chi connectivity index (χ3v) is 3.98. The lowest BCUT2D eigenvalue weighted by molar-refractivity contribution is 0.540. The van der Waals surface area contributed by atoms with Crippen LogP contribution < -0.4 is 5.43 Å². The fourth-order valence-electron chi connectivity index (χ4n) is 2.57. The average Bonchev–Trinajstić information content (AvgIpc) is 2.46. The van der Waals surface area contributed by atoms with Gasteiger partial charge in [0, 0.05) is 0 Å². The van der Waals surface area contributed by atoms with Crippen LogP contribution in [0.1, 0.15) is 23.1 Å². The smallest absolute Gasteiger partial charge is 0.203 e. The lowest BCUT2D eigenvalue weighted by Gasteiger charge is -2.12. The van der Waals surface area contributed by atoms with Crippen LogP contribution in [0, 0.1) is 12.7 Å². The number of halogens is 2. The van der Waals surface area contributed by atoms with Gasteiger partial charge in [0.25, 0.3) is 0 Å². The van der Waals surface area contributed by atoms with E-state index in [1.807, 2.05) is 38.1 Å².